The Morgan fingerprint density at radius 1 is 1.14 bits per heavy atom. The molecule has 1 aliphatic heterocycles. The summed E-state index contributed by atoms with van der Waals surface area (Å²) in [5, 5.41) is 6.24. The van der Waals surface area contributed by atoms with Crippen molar-refractivity contribution in [3.05, 3.63) is 76.2 Å². The minimum Gasteiger partial charge on any atom is -0.448 e. The molecule has 6 heteroatoms. The zero-order chi connectivity index (χ0) is 18.9. The number of carbonyl (C=O) groups is 1. The molecule has 142 valence electrons. The van der Waals surface area contributed by atoms with Crippen molar-refractivity contribution in [2.75, 3.05) is 26.2 Å². The van der Waals surface area contributed by atoms with Crippen LogP contribution in [0.15, 0.2) is 60.1 Å². The Balaban J connectivity index is 1.35. The van der Waals surface area contributed by atoms with Gasteiger partial charge in [-0.15, -0.1) is 11.3 Å². The molecule has 1 aliphatic carbocycles. The van der Waals surface area contributed by atoms with Crippen molar-refractivity contribution in [2.24, 2.45) is 0 Å². The van der Waals surface area contributed by atoms with Crippen LogP contribution in [0.2, 0.25) is 0 Å². The third kappa shape index (κ3) is 2.99. The van der Waals surface area contributed by atoms with Crippen molar-refractivity contribution in [1.82, 2.24) is 15.2 Å². The summed E-state index contributed by atoms with van der Waals surface area (Å²) < 4.78 is 5.84. The molecule has 2 heterocycles. The van der Waals surface area contributed by atoms with E-state index in [-0.39, 0.29) is 18.1 Å². The van der Waals surface area contributed by atoms with Gasteiger partial charge in [0, 0.05) is 37.1 Å². The van der Waals surface area contributed by atoms with Gasteiger partial charge in [-0.3, -0.25) is 4.90 Å². The Morgan fingerprint density at radius 3 is 2.54 bits per heavy atom. The molecule has 2 aromatic carbocycles. The summed E-state index contributed by atoms with van der Waals surface area (Å²) in [7, 11) is 0. The number of rotatable bonds is 3. The molecule has 5 rings (SSSR count). The highest BCUT2D eigenvalue weighted by Crippen LogP contribution is 2.44. The minimum absolute atomic E-state index is 0.0654. The summed E-state index contributed by atoms with van der Waals surface area (Å²) >= 11 is 1.57. The number of hydrogen-bond acceptors (Lipinski definition) is 5. The van der Waals surface area contributed by atoms with Crippen LogP contribution in [0, 0.1) is 0 Å². The first-order valence-electron chi connectivity index (χ1n) is 9.54. The van der Waals surface area contributed by atoms with Crippen molar-refractivity contribution >= 4 is 17.4 Å². The van der Waals surface area contributed by atoms with Gasteiger partial charge in [0.15, 0.2) is 0 Å². The molecule has 1 amide bonds. The molecular weight excluding hydrogens is 370 g/mol. The number of benzene rings is 2. The smallest absolute Gasteiger partial charge is 0.410 e. The fourth-order valence-corrected chi connectivity index (χ4v) is 4.97. The number of fused-ring (bicyclic) bond motifs is 3. The summed E-state index contributed by atoms with van der Waals surface area (Å²) in [6, 6.07) is 16.7. The van der Waals surface area contributed by atoms with Gasteiger partial charge in [0.25, 0.3) is 0 Å². The molecule has 1 N–H and O–H groups in total. The third-order valence-corrected chi connectivity index (χ3v) is 6.43. The fourth-order valence-electron chi connectivity index (χ4n) is 4.22. The molecule has 0 bridgehead atoms. The van der Waals surface area contributed by atoms with Gasteiger partial charge in [0.1, 0.15) is 11.6 Å². The molecule has 1 atom stereocenters. The van der Waals surface area contributed by atoms with Crippen LogP contribution in [0.4, 0.5) is 4.79 Å². The normalized spacial score (nSPS) is 18.6. The second kappa shape index (κ2) is 7.37. The molecule has 1 fully saturated rings. The summed E-state index contributed by atoms with van der Waals surface area (Å²) in [6.45, 7) is 2.45. The van der Waals surface area contributed by atoms with E-state index < -0.39 is 0 Å². The van der Waals surface area contributed by atoms with Crippen molar-refractivity contribution in [1.29, 1.82) is 0 Å². The Hall–Kier alpha value is -2.70. The van der Waals surface area contributed by atoms with Crippen LogP contribution in [0.5, 0.6) is 0 Å². The van der Waals surface area contributed by atoms with Gasteiger partial charge in [-0.05, 0) is 22.3 Å². The molecule has 0 saturated carbocycles. The summed E-state index contributed by atoms with van der Waals surface area (Å²) in [4.78, 5) is 19.1. The van der Waals surface area contributed by atoms with Crippen LogP contribution in [-0.2, 0) is 4.74 Å². The first-order chi connectivity index (χ1) is 13.8. The van der Waals surface area contributed by atoms with Crippen LogP contribution in [0.25, 0.3) is 11.1 Å². The van der Waals surface area contributed by atoms with Gasteiger partial charge >= 0.3 is 6.09 Å². The predicted octanol–water partition coefficient (Wildman–Crippen LogP) is 4.04. The largest absolute Gasteiger partial charge is 0.448 e. The lowest BCUT2D eigenvalue weighted by molar-refractivity contribution is 0.0752. The number of hydrogen-bond donors (Lipinski definition) is 1. The molecule has 28 heavy (non-hydrogen) atoms. The maximum Gasteiger partial charge on any atom is 0.410 e. The highest BCUT2D eigenvalue weighted by atomic mass is 32.1. The van der Waals surface area contributed by atoms with Crippen LogP contribution in [-0.4, -0.2) is 42.2 Å². The van der Waals surface area contributed by atoms with Gasteiger partial charge in [0.05, 0.1) is 6.04 Å². The van der Waals surface area contributed by atoms with Gasteiger partial charge in [-0.25, -0.2) is 9.78 Å². The van der Waals surface area contributed by atoms with Crippen LogP contribution < -0.4 is 5.32 Å². The quantitative estimate of drug-likeness (QED) is 0.732. The summed E-state index contributed by atoms with van der Waals surface area (Å²) in [5.41, 5.74) is 4.94. The van der Waals surface area contributed by atoms with Crippen LogP contribution in [0.3, 0.4) is 0 Å². The average Bonchev–Trinajstić information content (AvgIpc) is 3.39. The van der Waals surface area contributed by atoms with Gasteiger partial charge in [-0.1, -0.05) is 48.5 Å². The number of carbonyl (C=O) groups excluding carboxylic acids is 1. The lowest BCUT2D eigenvalue weighted by Crippen LogP contribution is -2.49. The number of thiazole rings is 1. The van der Waals surface area contributed by atoms with E-state index in [0.29, 0.717) is 19.7 Å². The van der Waals surface area contributed by atoms with E-state index >= 15 is 0 Å². The zero-order valence-electron chi connectivity index (χ0n) is 15.4. The predicted molar refractivity (Wildman–Crippen MR) is 109 cm³/mol. The van der Waals surface area contributed by atoms with Gasteiger partial charge in [-0.2, -0.15) is 0 Å². The molecular formula is C22H21N3O2S. The fraction of sp³-hybridized carbons (Fsp3) is 0.273. The highest BCUT2D eigenvalue weighted by molar-refractivity contribution is 7.09. The number of piperazine rings is 1. The Labute approximate surface area is 168 Å². The first-order valence-corrected chi connectivity index (χ1v) is 10.4. The summed E-state index contributed by atoms with van der Waals surface area (Å²) in [5.74, 6) is 0.0811. The van der Waals surface area contributed by atoms with Crippen molar-refractivity contribution in [3.63, 3.8) is 0 Å². The number of amides is 1. The zero-order valence-corrected chi connectivity index (χ0v) is 16.2. The monoisotopic (exact) mass is 391 g/mol. The Bertz CT molecular complexity index is 943. The van der Waals surface area contributed by atoms with Crippen molar-refractivity contribution in [3.8, 4) is 11.1 Å². The van der Waals surface area contributed by atoms with E-state index in [0.717, 1.165) is 11.6 Å². The third-order valence-electron chi connectivity index (χ3n) is 5.55. The lowest BCUT2D eigenvalue weighted by Gasteiger charge is -2.34. The van der Waals surface area contributed by atoms with E-state index in [1.807, 2.05) is 22.4 Å². The first kappa shape index (κ1) is 17.4. The van der Waals surface area contributed by atoms with Crippen LogP contribution >= 0.6 is 11.3 Å². The maximum atomic E-state index is 12.9. The van der Waals surface area contributed by atoms with E-state index in [1.54, 1.807) is 17.5 Å². The van der Waals surface area contributed by atoms with E-state index in [4.69, 9.17) is 4.74 Å². The topological polar surface area (TPSA) is 54.5 Å². The molecule has 2 aliphatic rings. The second-order valence-electron chi connectivity index (χ2n) is 7.09. The molecule has 3 aromatic rings. The molecule has 0 radical (unpaired) electrons. The number of nitrogens with one attached hydrogen (secondary N) is 1. The number of ether oxygens (including phenoxy) is 1. The molecule has 5 nitrogen and oxygen atoms in total. The molecule has 1 saturated heterocycles. The molecule has 1 unspecified atom stereocenters. The Kier molecular flexibility index (Phi) is 4.58. The van der Waals surface area contributed by atoms with E-state index in [1.165, 1.54) is 22.3 Å². The lowest BCUT2D eigenvalue weighted by atomic mass is 9.98. The average molecular weight is 391 g/mol. The SMILES string of the molecule is O=C(OCC1c2ccccc2-c2ccccc21)N1CCNCC1c1nccs1. The van der Waals surface area contributed by atoms with E-state index in [9.17, 15) is 4.79 Å². The van der Waals surface area contributed by atoms with Gasteiger partial charge < -0.3 is 10.1 Å². The number of nitrogens with zero attached hydrogens (tertiary/aromatic N) is 2. The van der Waals surface area contributed by atoms with E-state index in [2.05, 4.69) is 46.7 Å². The van der Waals surface area contributed by atoms with Gasteiger partial charge in [0.2, 0.25) is 0 Å². The summed E-state index contributed by atoms with van der Waals surface area (Å²) in [6.07, 6.45) is 1.52. The van der Waals surface area contributed by atoms with Crippen LogP contribution in [0.1, 0.15) is 28.1 Å². The Morgan fingerprint density at radius 2 is 1.86 bits per heavy atom. The standard InChI is InChI=1S/C22H21N3O2S/c26-22(25-11-9-23-13-20(25)21-24-10-12-28-21)27-14-19-17-7-3-1-5-15(17)16-6-2-4-8-18(16)19/h1-8,10,12,19-20,23H,9,11,13-14H2. The number of aromatic nitrogens is 1. The second-order valence-corrected chi connectivity index (χ2v) is 8.01. The van der Waals surface area contributed by atoms with Crippen molar-refractivity contribution in [2.45, 2.75) is 12.0 Å². The highest BCUT2D eigenvalue weighted by Gasteiger charge is 2.33. The maximum absolute atomic E-state index is 12.9. The van der Waals surface area contributed by atoms with Crippen molar-refractivity contribution < 1.29 is 9.53 Å². The molecule has 1 aromatic heterocycles. The molecule has 0 spiro atoms. The minimum atomic E-state index is -0.261.